The maximum atomic E-state index is 12.8. The maximum Gasteiger partial charge on any atom is 0.253 e. The molecule has 1 aliphatic carbocycles. The summed E-state index contributed by atoms with van der Waals surface area (Å²) in [5.74, 6) is 0.563. The van der Waals surface area contributed by atoms with Gasteiger partial charge in [0.05, 0.1) is 6.26 Å². The molecule has 6 nitrogen and oxygen atoms in total. The van der Waals surface area contributed by atoms with Crippen LogP contribution in [0, 0.1) is 0 Å². The highest BCUT2D eigenvalue weighted by Gasteiger charge is 2.27. The summed E-state index contributed by atoms with van der Waals surface area (Å²) in [5, 5.41) is 0.635. The number of amides is 1. The first-order valence-corrected chi connectivity index (χ1v) is 13.7. The van der Waals surface area contributed by atoms with Crippen LogP contribution in [0.5, 0.6) is 0 Å². The Labute approximate surface area is 203 Å². The second kappa shape index (κ2) is 11.4. The molecule has 180 valence electrons. The van der Waals surface area contributed by atoms with E-state index in [4.69, 9.17) is 11.6 Å². The molecule has 0 saturated heterocycles. The summed E-state index contributed by atoms with van der Waals surface area (Å²) in [6, 6.07) is 16.0. The molecule has 2 aromatic rings. The zero-order valence-electron chi connectivity index (χ0n) is 19.6. The zero-order valence-corrected chi connectivity index (χ0v) is 21.2. The topological polar surface area (TPSA) is 69.7 Å². The van der Waals surface area contributed by atoms with Crippen molar-refractivity contribution >= 4 is 33.2 Å². The minimum atomic E-state index is -3.13. The van der Waals surface area contributed by atoms with E-state index in [0.717, 1.165) is 44.3 Å². The fourth-order valence-corrected chi connectivity index (χ4v) is 5.10. The van der Waals surface area contributed by atoms with E-state index in [-0.39, 0.29) is 11.9 Å². The smallest absolute Gasteiger partial charge is 0.253 e. The molecule has 33 heavy (non-hydrogen) atoms. The van der Waals surface area contributed by atoms with Gasteiger partial charge in [-0.25, -0.2) is 13.1 Å². The Morgan fingerprint density at radius 2 is 1.61 bits per heavy atom. The van der Waals surface area contributed by atoms with Gasteiger partial charge < -0.3 is 9.80 Å². The number of sulfonamides is 1. The number of hydrogen-bond donors (Lipinski definition) is 1. The Kier molecular flexibility index (Phi) is 8.79. The lowest BCUT2D eigenvalue weighted by molar-refractivity contribution is 0.0689. The maximum absolute atomic E-state index is 12.8. The lowest BCUT2D eigenvalue weighted by Gasteiger charge is -2.35. The summed E-state index contributed by atoms with van der Waals surface area (Å²) in [6.07, 6.45) is 6.05. The molecule has 0 aliphatic heterocycles. The van der Waals surface area contributed by atoms with Crippen molar-refractivity contribution in [2.75, 3.05) is 38.3 Å². The van der Waals surface area contributed by atoms with Crippen molar-refractivity contribution in [2.45, 2.75) is 44.1 Å². The van der Waals surface area contributed by atoms with Crippen LogP contribution in [0.4, 0.5) is 5.69 Å². The minimum Gasteiger partial charge on any atom is -0.375 e. The van der Waals surface area contributed by atoms with Crippen molar-refractivity contribution in [2.24, 2.45) is 0 Å². The van der Waals surface area contributed by atoms with Crippen molar-refractivity contribution in [3.8, 4) is 0 Å². The van der Waals surface area contributed by atoms with Crippen LogP contribution in [0.1, 0.15) is 53.9 Å². The quantitative estimate of drug-likeness (QED) is 0.524. The number of carbonyl (C=O) groups is 1. The Bertz CT molecular complexity index is 1020. The normalized spacial score (nSPS) is 18.7. The highest BCUT2D eigenvalue weighted by Crippen LogP contribution is 2.35. The van der Waals surface area contributed by atoms with Gasteiger partial charge in [0.25, 0.3) is 5.91 Å². The summed E-state index contributed by atoms with van der Waals surface area (Å²) in [5.41, 5.74) is 3.15. The van der Waals surface area contributed by atoms with Crippen LogP contribution in [0.25, 0.3) is 0 Å². The first-order valence-electron chi connectivity index (χ1n) is 11.4. The van der Waals surface area contributed by atoms with E-state index >= 15 is 0 Å². The minimum absolute atomic E-state index is 0.0502. The molecule has 0 bridgehead atoms. The molecular formula is C25H34ClN3O3S. The molecule has 1 saturated carbocycles. The molecule has 1 amide bonds. The monoisotopic (exact) mass is 491 g/mol. The van der Waals surface area contributed by atoms with Gasteiger partial charge in [0.2, 0.25) is 10.0 Å². The molecule has 3 rings (SSSR count). The number of carbonyl (C=O) groups excluding carboxylic acids is 1. The third-order valence-electron chi connectivity index (χ3n) is 6.50. The van der Waals surface area contributed by atoms with Crippen molar-refractivity contribution in [3.05, 3.63) is 64.7 Å². The molecule has 0 unspecified atom stereocenters. The van der Waals surface area contributed by atoms with E-state index in [1.807, 2.05) is 19.0 Å². The average molecular weight is 492 g/mol. The largest absolute Gasteiger partial charge is 0.375 e. The molecule has 0 aromatic heterocycles. The number of hydrogen-bond acceptors (Lipinski definition) is 4. The van der Waals surface area contributed by atoms with Crippen LogP contribution < -0.4 is 9.62 Å². The number of nitrogens with zero attached hydrogens (tertiary/aromatic N) is 2. The van der Waals surface area contributed by atoms with E-state index in [0.29, 0.717) is 23.0 Å². The predicted octanol–water partition coefficient (Wildman–Crippen LogP) is 4.51. The van der Waals surface area contributed by atoms with Gasteiger partial charge in [0, 0.05) is 49.5 Å². The number of halogens is 1. The van der Waals surface area contributed by atoms with Crippen molar-refractivity contribution < 1.29 is 13.2 Å². The Balaban J connectivity index is 1.48. The number of anilines is 1. The molecule has 1 N–H and O–H groups in total. The SMILES string of the molecule is CN(CCCNS(C)(=O)=O)c1ccc(C2CCC(N(C)C(=O)c3ccc(Cl)cc3)CC2)cc1. The van der Waals surface area contributed by atoms with E-state index in [2.05, 4.69) is 33.9 Å². The van der Waals surface area contributed by atoms with Crippen molar-refractivity contribution in [3.63, 3.8) is 0 Å². The summed E-state index contributed by atoms with van der Waals surface area (Å²) >= 11 is 5.94. The number of rotatable bonds is 9. The summed E-state index contributed by atoms with van der Waals surface area (Å²) < 4.78 is 24.8. The van der Waals surface area contributed by atoms with Gasteiger partial charge in [0.1, 0.15) is 0 Å². The molecule has 1 aliphatic rings. The van der Waals surface area contributed by atoms with E-state index in [9.17, 15) is 13.2 Å². The molecule has 2 aromatic carbocycles. The van der Waals surface area contributed by atoms with Crippen molar-refractivity contribution in [1.82, 2.24) is 9.62 Å². The van der Waals surface area contributed by atoms with Crippen LogP contribution in [-0.4, -0.2) is 58.7 Å². The Morgan fingerprint density at radius 1 is 1.00 bits per heavy atom. The highest BCUT2D eigenvalue weighted by atomic mass is 35.5. The first-order chi connectivity index (χ1) is 15.6. The Morgan fingerprint density at radius 3 is 2.18 bits per heavy atom. The average Bonchev–Trinajstić information content (AvgIpc) is 2.81. The molecule has 0 radical (unpaired) electrons. The van der Waals surface area contributed by atoms with Crippen LogP contribution in [0.2, 0.25) is 5.02 Å². The van der Waals surface area contributed by atoms with Gasteiger partial charge in [0.15, 0.2) is 0 Å². The van der Waals surface area contributed by atoms with Crippen LogP contribution in [-0.2, 0) is 10.0 Å². The van der Waals surface area contributed by atoms with E-state index < -0.39 is 10.0 Å². The summed E-state index contributed by atoms with van der Waals surface area (Å²) in [4.78, 5) is 16.8. The number of nitrogens with one attached hydrogen (secondary N) is 1. The molecule has 0 spiro atoms. The van der Waals surface area contributed by atoms with Gasteiger partial charge >= 0.3 is 0 Å². The van der Waals surface area contributed by atoms with Crippen molar-refractivity contribution in [1.29, 1.82) is 0 Å². The second-order valence-corrected chi connectivity index (χ2v) is 11.2. The Hall–Kier alpha value is -2.09. The van der Waals surface area contributed by atoms with E-state index in [1.165, 1.54) is 11.8 Å². The van der Waals surface area contributed by atoms with E-state index in [1.54, 1.807) is 24.3 Å². The fraction of sp³-hybridized carbons (Fsp3) is 0.480. The lowest BCUT2D eigenvalue weighted by Crippen LogP contribution is -2.39. The van der Waals surface area contributed by atoms with Crippen LogP contribution in [0.15, 0.2) is 48.5 Å². The third kappa shape index (κ3) is 7.45. The van der Waals surface area contributed by atoms with Gasteiger partial charge in [-0.3, -0.25) is 4.79 Å². The summed E-state index contributed by atoms with van der Waals surface area (Å²) in [7, 11) is 0.793. The zero-order chi connectivity index (χ0) is 24.0. The van der Waals surface area contributed by atoms with Gasteiger partial charge in [-0.2, -0.15) is 0 Å². The fourth-order valence-electron chi connectivity index (χ4n) is 4.46. The van der Waals surface area contributed by atoms with Gasteiger partial charge in [-0.05, 0) is 80.0 Å². The van der Waals surface area contributed by atoms with Gasteiger partial charge in [-0.1, -0.05) is 23.7 Å². The lowest BCUT2D eigenvalue weighted by atomic mass is 9.81. The summed E-state index contributed by atoms with van der Waals surface area (Å²) in [6.45, 7) is 1.22. The molecule has 0 heterocycles. The predicted molar refractivity (Wildman–Crippen MR) is 136 cm³/mol. The number of benzene rings is 2. The second-order valence-electron chi connectivity index (χ2n) is 8.96. The van der Waals surface area contributed by atoms with Crippen LogP contribution >= 0.6 is 11.6 Å². The molecule has 0 atom stereocenters. The molecule has 8 heteroatoms. The van der Waals surface area contributed by atoms with Gasteiger partial charge in [-0.15, -0.1) is 0 Å². The third-order valence-corrected chi connectivity index (χ3v) is 7.48. The van der Waals surface area contributed by atoms with Crippen LogP contribution in [0.3, 0.4) is 0 Å². The molecular weight excluding hydrogens is 458 g/mol. The standard InChI is InChI=1S/C25H34ClN3O3S/c1-28(18-4-17-27-33(3,31)32)23-13-7-19(8-14-23)20-9-15-24(16-10-20)29(2)25(30)21-5-11-22(26)12-6-21/h5-8,11-14,20,24,27H,4,9-10,15-18H2,1-3H3. The molecule has 1 fully saturated rings. The first kappa shape index (κ1) is 25.5. The highest BCUT2D eigenvalue weighted by molar-refractivity contribution is 7.88.